The number of rotatable bonds is 7. The van der Waals surface area contributed by atoms with E-state index in [-0.39, 0.29) is 17.1 Å². The predicted molar refractivity (Wildman–Crippen MR) is 113 cm³/mol. The molecule has 168 valence electrons. The van der Waals surface area contributed by atoms with Gasteiger partial charge in [0.25, 0.3) is 0 Å². The van der Waals surface area contributed by atoms with Gasteiger partial charge in [-0.25, -0.2) is 4.85 Å². The number of aromatic nitrogens is 1. The average molecular weight is 466 g/mol. The summed E-state index contributed by atoms with van der Waals surface area (Å²) < 4.78 is 68.8. The number of alkyl halides is 3. The van der Waals surface area contributed by atoms with Gasteiger partial charge in [-0.2, -0.15) is 21.6 Å². The summed E-state index contributed by atoms with van der Waals surface area (Å²) in [5.74, 6) is 0.0222. The van der Waals surface area contributed by atoms with Gasteiger partial charge >= 0.3 is 15.5 Å². The Balaban J connectivity index is 2.04. The Bertz CT molecular complexity index is 1310. The fourth-order valence-corrected chi connectivity index (χ4v) is 3.41. The molecule has 3 rings (SSSR count). The van der Waals surface area contributed by atoms with E-state index < -0.39 is 21.2 Å². The zero-order chi connectivity index (χ0) is 23.5. The van der Waals surface area contributed by atoms with Crippen molar-refractivity contribution in [2.45, 2.75) is 19.4 Å². The van der Waals surface area contributed by atoms with Crippen LogP contribution in [0.4, 0.5) is 41.7 Å². The minimum absolute atomic E-state index is 0.0222. The Morgan fingerprint density at radius 2 is 1.88 bits per heavy atom. The van der Waals surface area contributed by atoms with Crippen LogP contribution in [0.15, 0.2) is 51.1 Å². The first-order valence-electron chi connectivity index (χ1n) is 9.26. The monoisotopic (exact) mass is 466 g/mol. The Morgan fingerprint density at radius 3 is 2.50 bits per heavy atom. The fourth-order valence-electron chi connectivity index (χ4n) is 2.84. The van der Waals surface area contributed by atoms with Gasteiger partial charge < -0.3 is 9.42 Å². The van der Waals surface area contributed by atoms with Crippen LogP contribution in [-0.2, 0) is 10.0 Å². The van der Waals surface area contributed by atoms with Gasteiger partial charge in [0.2, 0.25) is 5.82 Å². The second kappa shape index (κ2) is 8.83. The highest BCUT2D eigenvalue weighted by Crippen LogP contribution is 2.36. The number of nitrogens with one attached hydrogen (secondary N) is 1. The van der Waals surface area contributed by atoms with E-state index in [9.17, 15) is 21.6 Å². The summed E-state index contributed by atoms with van der Waals surface area (Å²) in [6, 6.07) is 8.72. The molecule has 9 nitrogen and oxygen atoms in total. The molecule has 0 atom stereocenters. The van der Waals surface area contributed by atoms with Crippen LogP contribution in [0.3, 0.4) is 0 Å². The van der Waals surface area contributed by atoms with E-state index in [2.05, 4.69) is 20.2 Å². The van der Waals surface area contributed by atoms with Crippen molar-refractivity contribution in [3.63, 3.8) is 0 Å². The summed E-state index contributed by atoms with van der Waals surface area (Å²) >= 11 is 0. The molecule has 0 bridgehead atoms. The van der Waals surface area contributed by atoms with E-state index >= 15 is 0 Å². The van der Waals surface area contributed by atoms with Gasteiger partial charge in [0.05, 0.1) is 17.6 Å². The smallest absolute Gasteiger partial charge is 0.372 e. The summed E-state index contributed by atoms with van der Waals surface area (Å²) in [5, 5.41) is 12.0. The average Bonchev–Trinajstić information content (AvgIpc) is 3.15. The van der Waals surface area contributed by atoms with Crippen molar-refractivity contribution in [1.82, 2.24) is 5.16 Å². The predicted octanol–water partition coefficient (Wildman–Crippen LogP) is 5.90. The largest absolute Gasteiger partial charge is 0.516 e. The van der Waals surface area contributed by atoms with Crippen molar-refractivity contribution in [3.05, 3.63) is 47.8 Å². The minimum atomic E-state index is -5.68. The molecular formula is C19H17F3N6O3S. The molecule has 3 aromatic rings. The SMILES string of the molecule is [C-]#[N+]c1ccc2c(/N=N/c3ccc(N(CC)CC)cc3NS(=O)(=O)C(F)(F)F)noc2c1. The first-order chi connectivity index (χ1) is 15.1. The molecule has 0 radical (unpaired) electrons. The van der Waals surface area contributed by atoms with Crippen LogP contribution >= 0.6 is 0 Å². The van der Waals surface area contributed by atoms with Crippen LogP contribution in [-0.4, -0.2) is 32.2 Å². The van der Waals surface area contributed by atoms with Crippen molar-refractivity contribution in [3.8, 4) is 0 Å². The summed E-state index contributed by atoms with van der Waals surface area (Å²) in [6.45, 7) is 11.8. The molecular weight excluding hydrogens is 449 g/mol. The summed E-state index contributed by atoms with van der Waals surface area (Å²) in [5.41, 5.74) is -4.93. The van der Waals surface area contributed by atoms with Gasteiger partial charge in [-0.1, -0.05) is 17.3 Å². The Labute approximate surface area is 181 Å². The van der Waals surface area contributed by atoms with E-state index in [1.165, 1.54) is 24.3 Å². The number of hydrogen-bond acceptors (Lipinski definition) is 7. The topological polar surface area (TPSA) is 105 Å². The van der Waals surface area contributed by atoms with E-state index in [0.29, 0.717) is 29.9 Å². The maximum Gasteiger partial charge on any atom is 0.516 e. The van der Waals surface area contributed by atoms with Gasteiger partial charge in [0, 0.05) is 18.8 Å². The van der Waals surface area contributed by atoms with E-state index in [0.717, 1.165) is 0 Å². The first-order valence-corrected chi connectivity index (χ1v) is 10.7. The van der Waals surface area contributed by atoms with Gasteiger partial charge in [-0.15, -0.1) is 10.2 Å². The van der Waals surface area contributed by atoms with Gasteiger partial charge in [-0.3, -0.25) is 4.72 Å². The molecule has 1 aromatic heterocycles. The van der Waals surface area contributed by atoms with E-state index in [1.54, 1.807) is 16.9 Å². The van der Waals surface area contributed by atoms with Crippen LogP contribution in [0.1, 0.15) is 13.8 Å². The molecule has 2 aromatic carbocycles. The van der Waals surface area contributed by atoms with Crippen LogP contribution in [0, 0.1) is 6.57 Å². The third kappa shape index (κ3) is 4.65. The lowest BCUT2D eigenvalue weighted by Crippen LogP contribution is -2.30. The molecule has 1 N–H and O–H groups in total. The summed E-state index contributed by atoms with van der Waals surface area (Å²) in [4.78, 5) is 5.10. The lowest BCUT2D eigenvalue weighted by atomic mass is 10.2. The zero-order valence-corrected chi connectivity index (χ0v) is 17.7. The normalized spacial score (nSPS) is 12.2. The number of halogens is 3. The number of anilines is 2. The molecule has 0 fully saturated rings. The van der Waals surface area contributed by atoms with Crippen molar-refractivity contribution < 1.29 is 26.1 Å². The minimum Gasteiger partial charge on any atom is -0.372 e. The molecule has 0 amide bonds. The number of azo groups is 1. The summed E-state index contributed by atoms with van der Waals surface area (Å²) in [6.07, 6.45) is 0. The number of nitrogens with zero attached hydrogens (tertiary/aromatic N) is 5. The lowest BCUT2D eigenvalue weighted by molar-refractivity contribution is -0.0429. The Kier molecular flexibility index (Phi) is 6.35. The fraction of sp³-hybridized carbons (Fsp3) is 0.263. The van der Waals surface area contributed by atoms with Crippen molar-refractivity contribution in [2.75, 3.05) is 22.7 Å². The quantitative estimate of drug-likeness (QED) is 0.345. The van der Waals surface area contributed by atoms with Gasteiger partial charge in [0.15, 0.2) is 11.3 Å². The van der Waals surface area contributed by atoms with Crippen LogP contribution in [0.5, 0.6) is 0 Å². The Morgan fingerprint density at radius 1 is 1.16 bits per heavy atom. The zero-order valence-electron chi connectivity index (χ0n) is 16.9. The van der Waals surface area contributed by atoms with Crippen LogP contribution < -0.4 is 9.62 Å². The van der Waals surface area contributed by atoms with Crippen LogP contribution in [0.25, 0.3) is 15.8 Å². The standard InChI is InChI=1S/C19H17F3N6O3S/c1-4-28(5-2)13-7-9-15(16(11-13)27-32(29,30)19(20,21)22)24-25-18-14-8-6-12(23-3)10-17(14)31-26-18/h6-11,27H,4-5H2,1-2H3/b25-24+. The second-order valence-corrected chi connectivity index (χ2v) is 8.10. The summed E-state index contributed by atoms with van der Waals surface area (Å²) in [7, 11) is -5.68. The number of hydrogen-bond donors (Lipinski definition) is 1. The molecule has 1 heterocycles. The number of benzene rings is 2. The number of fused-ring (bicyclic) bond motifs is 1. The van der Waals surface area contributed by atoms with E-state index in [4.69, 9.17) is 11.1 Å². The van der Waals surface area contributed by atoms with E-state index in [1.807, 2.05) is 18.7 Å². The number of sulfonamides is 1. The lowest BCUT2D eigenvalue weighted by Gasteiger charge is -2.22. The third-order valence-electron chi connectivity index (χ3n) is 4.48. The van der Waals surface area contributed by atoms with Crippen molar-refractivity contribution in [2.24, 2.45) is 10.2 Å². The third-order valence-corrected chi connectivity index (χ3v) is 5.57. The molecule has 0 aliphatic rings. The van der Waals surface area contributed by atoms with Gasteiger partial charge in [0.1, 0.15) is 5.69 Å². The second-order valence-electron chi connectivity index (χ2n) is 6.42. The highest BCUT2D eigenvalue weighted by Gasteiger charge is 2.46. The molecule has 0 aliphatic heterocycles. The molecule has 32 heavy (non-hydrogen) atoms. The molecule has 0 saturated heterocycles. The van der Waals surface area contributed by atoms with Crippen molar-refractivity contribution in [1.29, 1.82) is 0 Å². The maximum atomic E-state index is 12.9. The maximum absolute atomic E-state index is 12.9. The highest BCUT2D eigenvalue weighted by molar-refractivity contribution is 7.93. The molecule has 0 spiro atoms. The molecule has 0 saturated carbocycles. The highest BCUT2D eigenvalue weighted by atomic mass is 32.2. The van der Waals surface area contributed by atoms with Gasteiger partial charge in [-0.05, 0) is 38.1 Å². The molecule has 0 aliphatic carbocycles. The van der Waals surface area contributed by atoms with Crippen LogP contribution in [0.2, 0.25) is 0 Å². The molecule has 0 unspecified atom stereocenters. The first kappa shape index (κ1) is 23.0. The Hall–Kier alpha value is -3.66. The van der Waals surface area contributed by atoms with Crippen molar-refractivity contribution >= 4 is 49.6 Å². The molecule has 13 heteroatoms.